The van der Waals surface area contributed by atoms with E-state index in [0.29, 0.717) is 29.4 Å². The van der Waals surface area contributed by atoms with E-state index in [1.165, 1.54) is 0 Å². The number of nitrogens with zero attached hydrogens (tertiary/aromatic N) is 2. The lowest BCUT2D eigenvalue weighted by atomic mass is 9.97. The molecule has 3 aromatic carbocycles. The summed E-state index contributed by atoms with van der Waals surface area (Å²) in [7, 11) is 1.66. The van der Waals surface area contributed by atoms with Crippen molar-refractivity contribution in [2.45, 2.75) is 0 Å². The van der Waals surface area contributed by atoms with E-state index in [1.807, 2.05) is 29.2 Å². The predicted molar refractivity (Wildman–Crippen MR) is 109 cm³/mol. The van der Waals surface area contributed by atoms with E-state index in [2.05, 4.69) is 4.90 Å². The molecular weight excluding hydrogens is 364 g/mol. The van der Waals surface area contributed by atoms with Crippen LogP contribution in [0.2, 0.25) is 5.02 Å². The molecule has 1 saturated heterocycles. The molecular formula is C21H19ClN2O3. The molecule has 0 N–H and O–H groups in total. The molecule has 4 rings (SSSR count). The molecule has 0 radical (unpaired) electrons. The van der Waals surface area contributed by atoms with Gasteiger partial charge in [0.15, 0.2) is 0 Å². The van der Waals surface area contributed by atoms with Crippen molar-refractivity contribution in [3.05, 3.63) is 74.0 Å². The van der Waals surface area contributed by atoms with E-state index in [4.69, 9.17) is 16.3 Å². The summed E-state index contributed by atoms with van der Waals surface area (Å²) in [6.45, 7) is 2.84. The highest BCUT2D eigenvalue weighted by molar-refractivity contribution is 6.30. The molecule has 0 atom stereocenters. The zero-order valence-electron chi connectivity index (χ0n) is 14.9. The maximum Gasteiger partial charge on any atom is 0.250 e. The third kappa shape index (κ3) is 3.08. The highest BCUT2D eigenvalue weighted by atomic mass is 35.5. The monoisotopic (exact) mass is 382 g/mol. The van der Waals surface area contributed by atoms with Crippen LogP contribution in [0.4, 0.5) is 11.4 Å². The predicted octanol–water partition coefficient (Wildman–Crippen LogP) is 2.94. The smallest absolute Gasteiger partial charge is 0.250 e. The number of para-hydroxylation sites is 2. The molecule has 1 heterocycles. The summed E-state index contributed by atoms with van der Waals surface area (Å²) < 4.78 is 5.45. The molecule has 0 amide bonds. The molecule has 0 aromatic heterocycles. The van der Waals surface area contributed by atoms with Crippen LogP contribution in [0.3, 0.4) is 0 Å². The topological polar surface area (TPSA) is 49.9 Å². The summed E-state index contributed by atoms with van der Waals surface area (Å²) in [4.78, 5) is 28.7. The molecule has 1 aliphatic heterocycles. The van der Waals surface area contributed by atoms with Crippen molar-refractivity contribution in [2.24, 2.45) is 0 Å². The average molecular weight is 383 g/mol. The molecule has 0 spiro atoms. The van der Waals surface area contributed by atoms with Crippen LogP contribution in [0.5, 0.6) is 5.75 Å². The minimum absolute atomic E-state index is 0.398. The Labute approximate surface area is 162 Å². The van der Waals surface area contributed by atoms with Crippen LogP contribution in [-0.4, -0.2) is 33.3 Å². The van der Waals surface area contributed by atoms with Gasteiger partial charge in [0, 0.05) is 31.2 Å². The van der Waals surface area contributed by atoms with Crippen molar-refractivity contribution < 1.29 is 4.74 Å². The van der Waals surface area contributed by atoms with Gasteiger partial charge in [0.25, 0.3) is 0 Å². The van der Waals surface area contributed by atoms with Crippen molar-refractivity contribution in [3.8, 4) is 16.9 Å². The first-order valence-electron chi connectivity index (χ1n) is 8.82. The molecule has 138 valence electrons. The number of hydrogen-bond acceptors (Lipinski definition) is 5. The molecule has 1 fully saturated rings. The molecule has 0 bridgehead atoms. The highest BCUT2D eigenvalue weighted by Crippen LogP contribution is 2.31. The van der Waals surface area contributed by atoms with Gasteiger partial charge < -0.3 is 14.5 Å². The van der Waals surface area contributed by atoms with Gasteiger partial charge in [-0.2, -0.15) is 0 Å². The van der Waals surface area contributed by atoms with Crippen LogP contribution < -0.4 is 25.4 Å². The molecule has 0 saturated carbocycles. The second kappa shape index (κ2) is 7.08. The van der Waals surface area contributed by atoms with Gasteiger partial charge in [0.1, 0.15) is 11.4 Å². The van der Waals surface area contributed by atoms with E-state index < -0.39 is 10.9 Å². The van der Waals surface area contributed by atoms with Crippen molar-refractivity contribution in [2.75, 3.05) is 43.1 Å². The maximum atomic E-state index is 12.3. The minimum Gasteiger partial charge on any atom is -0.495 e. The third-order valence-electron chi connectivity index (χ3n) is 5.04. The minimum atomic E-state index is -0.417. The number of anilines is 2. The Hall–Kier alpha value is -2.79. The van der Waals surface area contributed by atoms with Crippen LogP contribution in [0.25, 0.3) is 11.1 Å². The first-order chi connectivity index (χ1) is 13.1. The van der Waals surface area contributed by atoms with Crippen molar-refractivity contribution in [1.29, 1.82) is 0 Å². The molecule has 6 heteroatoms. The van der Waals surface area contributed by atoms with Gasteiger partial charge in [-0.05, 0) is 29.8 Å². The number of halogens is 1. The van der Waals surface area contributed by atoms with E-state index in [9.17, 15) is 9.59 Å². The maximum absolute atomic E-state index is 12.3. The second-order valence-corrected chi connectivity index (χ2v) is 6.97. The first-order valence-corrected chi connectivity index (χ1v) is 9.20. The fourth-order valence-electron chi connectivity index (χ4n) is 3.63. The van der Waals surface area contributed by atoms with Crippen molar-refractivity contribution in [3.63, 3.8) is 0 Å². The average Bonchev–Trinajstić information content (AvgIpc) is 2.72. The van der Waals surface area contributed by atoms with Crippen molar-refractivity contribution >= 4 is 23.0 Å². The standard InChI is InChI=1S/C21H19ClN2O3/c1-27-17-5-3-2-4-16(17)23-10-12-24(13-11-23)19-18(20(25)21(19)26)14-6-8-15(22)9-7-14/h2-9H,10-13H2,1H3. The Balaban J connectivity index is 1.56. The molecule has 5 nitrogen and oxygen atoms in total. The van der Waals surface area contributed by atoms with Crippen LogP contribution in [0.1, 0.15) is 0 Å². The summed E-state index contributed by atoms with van der Waals surface area (Å²) in [5.74, 6) is 0.835. The van der Waals surface area contributed by atoms with Gasteiger partial charge in [-0.25, -0.2) is 0 Å². The zero-order valence-corrected chi connectivity index (χ0v) is 15.7. The summed E-state index contributed by atoms with van der Waals surface area (Å²) in [6, 6.07) is 14.9. The third-order valence-corrected chi connectivity index (χ3v) is 5.29. The lowest BCUT2D eigenvalue weighted by molar-refractivity contribution is 0.413. The Morgan fingerprint density at radius 1 is 0.852 bits per heavy atom. The zero-order chi connectivity index (χ0) is 19.0. The Morgan fingerprint density at radius 3 is 2.15 bits per heavy atom. The summed E-state index contributed by atoms with van der Waals surface area (Å²) >= 11 is 5.93. The quantitative estimate of drug-likeness (QED) is 0.649. The van der Waals surface area contributed by atoms with Crippen LogP contribution in [0, 0.1) is 0 Å². The Kier molecular flexibility index (Phi) is 4.62. The first kappa shape index (κ1) is 17.6. The number of piperazine rings is 1. The SMILES string of the molecule is COc1ccccc1N1CCN(c2c(-c3ccc(Cl)cc3)c(=O)c2=O)CC1. The number of ether oxygens (including phenoxy) is 1. The molecule has 27 heavy (non-hydrogen) atoms. The number of rotatable bonds is 4. The van der Waals surface area contributed by atoms with Gasteiger partial charge in [-0.3, -0.25) is 9.59 Å². The fraction of sp³-hybridized carbons (Fsp3) is 0.238. The number of methoxy groups -OCH3 is 1. The van der Waals surface area contributed by atoms with Gasteiger partial charge >= 0.3 is 0 Å². The van der Waals surface area contributed by atoms with Crippen molar-refractivity contribution in [1.82, 2.24) is 0 Å². The van der Waals surface area contributed by atoms with E-state index in [-0.39, 0.29) is 0 Å². The number of hydrogen-bond donors (Lipinski definition) is 0. The molecule has 0 unspecified atom stereocenters. The van der Waals surface area contributed by atoms with Gasteiger partial charge in [-0.1, -0.05) is 35.9 Å². The van der Waals surface area contributed by atoms with E-state index in [0.717, 1.165) is 30.1 Å². The summed E-state index contributed by atoms with van der Waals surface area (Å²) in [6.07, 6.45) is 0. The Morgan fingerprint density at radius 2 is 1.48 bits per heavy atom. The summed E-state index contributed by atoms with van der Waals surface area (Å²) in [5.41, 5.74) is 2.00. The van der Waals surface area contributed by atoms with Crippen LogP contribution in [0.15, 0.2) is 58.1 Å². The van der Waals surface area contributed by atoms with E-state index in [1.54, 1.807) is 31.4 Å². The molecule has 3 aromatic rings. The van der Waals surface area contributed by atoms with Gasteiger partial charge in [0.05, 0.1) is 18.4 Å². The highest BCUT2D eigenvalue weighted by Gasteiger charge is 2.29. The molecule has 1 aliphatic rings. The van der Waals surface area contributed by atoms with Gasteiger partial charge in [-0.15, -0.1) is 0 Å². The number of benzene rings is 2. The van der Waals surface area contributed by atoms with Gasteiger partial charge in [0.2, 0.25) is 10.9 Å². The lowest BCUT2D eigenvalue weighted by Crippen LogP contribution is -2.51. The fourth-order valence-corrected chi connectivity index (χ4v) is 3.75. The van der Waals surface area contributed by atoms with Crippen LogP contribution in [-0.2, 0) is 0 Å². The normalized spacial score (nSPS) is 14.6. The lowest BCUT2D eigenvalue weighted by Gasteiger charge is -2.38. The molecule has 0 aliphatic carbocycles. The van der Waals surface area contributed by atoms with Crippen LogP contribution >= 0.6 is 11.6 Å². The second-order valence-electron chi connectivity index (χ2n) is 6.53. The van der Waals surface area contributed by atoms with E-state index >= 15 is 0 Å². The largest absolute Gasteiger partial charge is 0.495 e. The summed E-state index contributed by atoms with van der Waals surface area (Å²) in [5, 5.41) is 0.601. The Bertz CT molecular complexity index is 1030.